The molecule has 2 unspecified atom stereocenters. The van der Waals surface area contributed by atoms with Gasteiger partial charge in [-0.1, -0.05) is 13.0 Å². The van der Waals surface area contributed by atoms with Crippen molar-refractivity contribution in [1.82, 2.24) is 0 Å². The number of esters is 1. The van der Waals surface area contributed by atoms with Crippen molar-refractivity contribution >= 4 is 5.97 Å². The fraction of sp³-hybridized carbons (Fsp3) is 0.769. The Labute approximate surface area is 97.8 Å². The number of rotatable bonds is 5. The largest absolute Gasteiger partial charge is 0.435 e. The summed E-state index contributed by atoms with van der Waals surface area (Å²) in [4.78, 5) is 11.9. The highest BCUT2D eigenvalue weighted by atomic mass is 16.7. The second kappa shape index (κ2) is 5.48. The summed E-state index contributed by atoms with van der Waals surface area (Å²) in [6.07, 6.45) is 4.08. The van der Waals surface area contributed by atoms with Crippen molar-refractivity contribution in [3.63, 3.8) is 0 Å². The van der Waals surface area contributed by atoms with Crippen LogP contribution in [-0.2, 0) is 14.3 Å². The fourth-order valence-electron chi connectivity index (χ4n) is 1.89. The normalized spacial score (nSPS) is 22.8. The minimum atomic E-state index is -0.473. The third-order valence-electron chi connectivity index (χ3n) is 2.91. The quantitative estimate of drug-likeness (QED) is 0.534. The molecule has 0 amide bonds. The number of hydrogen-bond acceptors (Lipinski definition) is 3. The van der Waals surface area contributed by atoms with Crippen molar-refractivity contribution in [2.24, 2.45) is 11.3 Å². The minimum absolute atomic E-state index is 0.173. The molecular formula is C13H22O3. The number of ether oxygens (including phenoxy) is 2. The maximum absolute atomic E-state index is 11.9. The molecule has 92 valence electrons. The van der Waals surface area contributed by atoms with Crippen LogP contribution in [0.1, 0.15) is 40.0 Å². The van der Waals surface area contributed by atoms with Crippen molar-refractivity contribution in [2.45, 2.75) is 46.3 Å². The molecule has 1 saturated heterocycles. The molecule has 0 N–H and O–H groups in total. The van der Waals surface area contributed by atoms with Crippen molar-refractivity contribution in [3.05, 3.63) is 12.7 Å². The summed E-state index contributed by atoms with van der Waals surface area (Å²) in [5.41, 5.74) is -0.473. The molecule has 1 aliphatic heterocycles. The van der Waals surface area contributed by atoms with Crippen LogP contribution in [0, 0.1) is 11.3 Å². The van der Waals surface area contributed by atoms with Crippen molar-refractivity contribution in [3.8, 4) is 0 Å². The molecule has 0 aromatic heterocycles. The monoisotopic (exact) mass is 226 g/mol. The zero-order chi connectivity index (χ0) is 12.2. The topological polar surface area (TPSA) is 35.5 Å². The van der Waals surface area contributed by atoms with Gasteiger partial charge in [0.05, 0.1) is 12.0 Å². The lowest BCUT2D eigenvalue weighted by Gasteiger charge is -2.26. The van der Waals surface area contributed by atoms with Crippen LogP contribution < -0.4 is 0 Å². The van der Waals surface area contributed by atoms with Gasteiger partial charge in [0, 0.05) is 6.42 Å². The van der Waals surface area contributed by atoms with Gasteiger partial charge in [-0.2, -0.15) is 0 Å². The lowest BCUT2D eigenvalue weighted by atomic mass is 9.83. The second-order valence-corrected chi connectivity index (χ2v) is 5.15. The smallest absolute Gasteiger partial charge is 0.313 e. The summed E-state index contributed by atoms with van der Waals surface area (Å²) in [5.74, 6) is 0.139. The third kappa shape index (κ3) is 3.63. The molecule has 1 aliphatic rings. The molecule has 2 atom stereocenters. The first-order valence-corrected chi connectivity index (χ1v) is 5.91. The van der Waals surface area contributed by atoms with E-state index in [-0.39, 0.29) is 12.3 Å². The summed E-state index contributed by atoms with van der Waals surface area (Å²) in [6.45, 7) is 10.3. The first-order chi connectivity index (χ1) is 7.45. The van der Waals surface area contributed by atoms with Crippen molar-refractivity contribution in [2.75, 3.05) is 6.61 Å². The van der Waals surface area contributed by atoms with E-state index in [1.165, 1.54) is 0 Å². The zero-order valence-corrected chi connectivity index (χ0v) is 10.5. The Kier molecular flexibility index (Phi) is 4.54. The average molecular weight is 226 g/mol. The van der Waals surface area contributed by atoms with Crippen LogP contribution in [-0.4, -0.2) is 18.9 Å². The van der Waals surface area contributed by atoms with Gasteiger partial charge >= 0.3 is 5.97 Å². The molecule has 0 saturated carbocycles. The van der Waals surface area contributed by atoms with Gasteiger partial charge < -0.3 is 9.47 Å². The highest BCUT2D eigenvalue weighted by molar-refractivity contribution is 5.76. The Morgan fingerprint density at radius 2 is 2.38 bits per heavy atom. The van der Waals surface area contributed by atoms with Gasteiger partial charge in [0.25, 0.3) is 0 Å². The molecule has 0 spiro atoms. The average Bonchev–Trinajstić information content (AvgIpc) is 2.69. The first kappa shape index (κ1) is 13.2. The van der Waals surface area contributed by atoms with Crippen LogP contribution in [0.3, 0.4) is 0 Å². The predicted molar refractivity (Wildman–Crippen MR) is 62.8 cm³/mol. The van der Waals surface area contributed by atoms with Gasteiger partial charge in [-0.3, -0.25) is 4.79 Å². The standard InChI is InChI=1S/C13H22O3/c1-5-10(2)9-13(3,4)12(14)16-11-7-6-8-15-11/h5,10-11H,1,6-9H2,2-4H3. The molecule has 0 aliphatic carbocycles. The molecule has 0 radical (unpaired) electrons. The zero-order valence-electron chi connectivity index (χ0n) is 10.5. The van der Waals surface area contributed by atoms with E-state index >= 15 is 0 Å². The Balaban J connectivity index is 2.46. The van der Waals surface area contributed by atoms with E-state index < -0.39 is 5.41 Å². The maximum atomic E-state index is 11.9. The summed E-state index contributed by atoms with van der Waals surface area (Å²) in [5, 5.41) is 0. The van der Waals surface area contributed by atoms with E-state index in [1.807, 2.05) is 26.8 Å². The summed E-state index contributed by atoms with van der Waals surface area (Å²) < 4.78 is 10.6. The van der Waals surface area contributed by atoms with E-state index in [0.29, 0.717) is 12.5 Å². The summed E-state index contributed by atoms with van der Waals surface area (Å²) in [7, 11) is 0. The Morgan fingerprint density at radius 1 is 1.69 bits per heavy atom. The molecule has 1 heterocycles. The fourth-order valence-corrected chi connectivity index (χ4v) is 1.89. The van der Waals surface area contributed by atoms with Crippen LogP contribution in [0.5, 0.6) is 0 Å². The molecule has 3 heteroatoms. The molecule has 0 bridgehead atoms. The Bertz CT molecular complexity index is 252. The third-order valence-corrected chi connectivity index (χ3v) is 2.91. The van der Waals surface area contributed by atoms with Gasteiger partial charge in [0.2, 0.25) is 6.29 Å². The van der Waals surface area contributed by atoms with Gasteiger partial charge in [0.15, 0.2) is 0 Å². The number of allylic oxidation sites excluding steroid dienone is 1. The molecular weight excluding hydrogens is 204 g/mol. The number of carbonyl (C=O) groups excluding carboxylic acids is 1. The van der Waals surface area contributed by atoms with Crippen LogP contribution in [0.2, 0.25) is 0 Å². The van der Waals surface area contributed by atoms with Gasteiger partial charge in [-0.25, -0.2) is 0 Å². The molecule has 16 heavy (non-hydrogen) atoms. The van der Waals surface area contributed by atoms with Crippen LogP contribution in [0.15, 0.2) is 12.7 Å². The molecule has 3 nitrogen and oxygen atoms in total. The second-order valence-electron chi connectivity index (χ2n) is 5.15. The lowest BCUT2D eigenvalue weighted by Crippen LogP contribution is -2.31. The summed E-state index contributed by atoms with van der Waals surface area (Å²) in [6, 6.07) is 0. The Morgan fingerprint density at radius 3 is 2.88 bits per heavy atom. The van der Waals surface area contributed by atoms with Crippen LogP contribution >= 0.6 is 0 Å². The van der Waals surface area contributed by atoms with E-state index in [9.17, 15) is 4.79 Å². The van der Waals surface area contributed by atoms with Crippen molar-refractivity contribution in [1.29, 1.82) is 0 Å². The predicted octanol–water partition coefficient (Wildman–Crippen LogP) is 2.90. The van der Waals surface area contributed by atoms with E-state index in [1.54, 1.807) is 0 Å². The van der Waals surface area contributed by atoms with Crippen LogP contribution in [0.25, 0.3) is 0 Å². The highest BCUT2D eigenvalue weighted by Crippen LogP contribution is 2.29. The Hall–Kier alpha value is -0.830. The van der Waals surface area contributed by atoms with Gasteiger partial charge in [-0.15, -0.1) is 6.58 Å². The van der Waals surface area contributed by atoms with E-state index in [2.05, 4.69) is 6.58 Å². The van der Waals surface area contributed by atoms with Crippen molar-refractivity contribution < 1.29 is 14.3 Å². The molecule has 1 rings (SSSR count). The highest BCUT2D eigenvalue weighted by Gasteiger charge is 2.33. The lowest BCUT2D eigenvalue weighted by molar-refractivity contribution is -0.180. The molecule has 0 aromatic rings. The minimum Gasteiger partial charge on any atom is -0.435 e. The SMILES string of the molecule is C=CC(C)CC(C)(C)C(=O)OC1CCCO1. The van der Waals surface area contributed by atoms with E-state index in [0.717, 1.165) is 19.3 Å². The maximum Gasteiger partial charge on any atom is 0.313 e. The summed E-state index contributed by atoms with van der Waals surface area (Å²) >= 11 is 0. The number of hydrogen-bond donors (Lipinski definition) is 0. The van der Waals surface area contributed by atoms with E-state index in [4.69, 9.17) is 9.47 Å². The molecule has 0 aromatic carbocycles. The number of carbonyl (C=O) groups is 1. The molecule has 1 fully saturated rings. The van der Waals surface area contributed by atoms with Gasteiger partial charge in [0.1, 0.15) is 0 Å². The van der Waals surface area contributed by atoms with Gasteiger partial charge in [-0.05, 0) is 32.6 Å². The first-order valence-electron chi connectivity index (χ1n) is 5.91. The van der Waals surface area contributed by atoms with Crippen LogP contribution in [0.4, 0.5) is 0 Å².